The van der Waals surface area contributed by atoms with E-state index in [1.165, 1.54) is 0 Å². The molecule has 5 heteroatoms. The van der Waals surface area contributed by atoms with Gasteiger partial charge in [0.15, 0.2) is 0 Å². The van der Waals surface area contributed by atoms with E-state index in [0.717, 1.165) is 5.56 Å². The lowest BCUT2D eigenvalue weighted by atomic mass is 10.2. The maximum atomic E-state index is 10.3. The lowest BCUT2D eigenvalue weighted by Gasteiger charge is -2.11. The number of carbonyl (C=O) groups excluding carboxylic acids is 1. The minimum absolute atomic E-state index is 0.0735. The Bertz CT molecular complexity index is 316. The summed E-state index contributed by atoms with van der Waals surface area (Å²) in [4.78, 5) is 10.3. The Morgan fingerprint density at radius 2 is 1.94 bits per heavy atom. The molecule has 0 aliphatic carbocycles. The Morgan fingerprint density at radius 3 is 2.56 bits per heavy atom. The van der Waals surface area contributed by atoms with Gasteiger partial charge in [-0.05, 0) is 5.56 Å². The molecular formula is C11H16N2O3. The van der Waals surface area contributed by atoms with Gasteiger partial charge in [-0.1, -0.05) is 30.3 Å². The third-order valence-corrected chi connectivity index (χ3v) is 1.88. The van der Waals surface area contributed by atoms with E-state index in [1.54, 1.807) is 0 Å². The summed E-state index contributed by atoms with van der Waals surface area (Å²) in [5.74, 6) is 0. The fraction of sp³-hybridized carbons (Fsp3) is 0.364. The normalized spacial score (nSPS) is 12.1. The number of carbonyl (C=O) groups is 1. The molecule has 16 heavy (non-hydrogen) atoms. The summed E-state index contributed by atoms with van der Waals surface area (Å²) >= 11 is 0. The first-order valence-corrected chi connectivity index (χ1v) is 4.98. The molecule has 0 bridgehead atoms. The van der Waals surface area contributed by atoms with Gasteiger partial charge in [-0.15, -0.1) is 0 Å². The summed E-state index contributed by atoms with van der Waals surface area (Å²) in [6, 6.07) is 9.40. The Kier molecular flexibility index (Phi) is 5.31. The van der Waals surface area contributed by atoms with Crippen molar-refractivity contribution in [3.63, 3.8) is 0 Å². The number of primary amides is 1. The molecule has 1 rings (SSSR count). The molecule has 1 aromatic carbocycles. The average molecular weight is 224 g/mol. The second-order valence-electron chi connectivity index (χ2n) is 3.39. The maximum absolute atomic E-state index is 10.3. The molecule has 0 radical (unpaired) electrons. The molecule has 0 saturated carbocycles. The number of rotatable bonds is 6. The van der Waals surface area contributed by atoms with Gasteiger partial charge >= 0.3 is 6.09 Å². The van der Waals surface area contributed by atoms with Gasteiger partial charge in [-0.2, -0.15) is 0 Å². The van der Waals surface area contributed by atoms with Crippen LogP contribution in [0.2, 0.25) is 0 Å². The van der Waals surface area contributed by atoms with E-state index in [1.807, 2.05) is 30.3 Å². The van der Waals surface area contributed by atoms with Gasteiger partial charge in [0.2, 0.25) is 0 Å². The molecule has 5 nitrogen and oxygen atoms in total. The molecule has 1 unspecified atom stereocenters. The molecule has 0 aliphatic rings. The zero-order valence-electron chi connectivity index (χ0n) is 8.96. The van der Waals surface area contributed by atoms with E-state index in [-0.39, 0.29) is 12.6 Å². The smallest absolute Gasteiger partial charge is 0.404 e. The van der Waals surface area contributed by atoms with Crippen LogP contribution in [0.25, 0.3) is 0 Å². The summed E-state index contributed by atoms with van der Waals surface area (Å²) in [6.45, 7) is 0.886. The van der Waals surface area contributed by atoms with Crippen LogP contribution in [0, 0.1) is 0 Å². The van der Waals surface area contributed by atoms with Crippen molar-refractivity contribution in [1.29, 1.82) is 0 Å². The predicted molar refractivity (Wildman–Crippen MR) is 59.6 cm³/mol. The van der Waals surface area contributed by atoms with Crippen molar-refractivity contribution in [3.05, 3.63) is 35.9 Å². The average Bonchev–Trinajstić information content (AvgIpc) is 2.28. The van der Waals surface area contributed by atoms with Crippen molar-refractivity contribution < 1.29 is 14.3 Å². The molecule has 0 heterocycles. The van der Waals surface area contributed by atoms with Gasteiger partial charge in [-0.25, -0.2) is 4.79 Å². The van der Waals surface area contributed by atoms with Gasteiger partial charge in [0.25, 0.3) is 0 Å². The topological polar surface area (TPSA) is 87.6 Å². The summed E-state index contributed by atoms with van der Waals surface area (Å²) in [5.41, 5.74) is 11.5. The first-order valence-electron chi connectivity index (χ1n) is 4.98. The zero-order valence-corrected chi connectivity index (χ0v) is 8.96. The van der Waals surface area contributed by atoms with Crippen molar-refractivity contribution in [2.24, 2.45) is 11.5 Å². The van der Waals surface area contributed by atoms with E-state index in [2.05, 4.69) is 4.74 Å². The van der Waals surface area contributed by atoms with Crippen LogP contribution in [0.5, 0.6) is 0 Å². The predicted octanol–water partition coefficient (Wildman–Crippen LogP) is 0.626. The monoisotopic (exact) mass is 224 g/mol. The minimum Gasteiger partial charge on any atom is -0.448 e. The highest BCUT2D eigenvalue weighted by Gasteiger charge is 2.05. The standard InChI is InChI=1S/C11H16N2O3/c12-10(8-16-11(13)14)7-15-6-9-4-2-1-3-5-9/h1-5,10H,6-8,12H2,(H2,13,14). The minimum atomic E-state index is -0.821. The van der Waals surface area contributed by atoms with Gasteiger partial charge in [0, 0.05) is 0 Å². The molecule has 0 aliphatic heterocycles. The highest BCUT2D eigenvalue weighted by atomic mass is 16.5. The van der Waals surface area contributed by atoms with Crippen LogP contribution >= 0.6 is 0 Å². The third-order valence-electron chi connectivity index (χ3n) is 1.88. The number of hydrogen-bond donors (Lipinski definition) is 2. The van der Waals surface area contributed by atoms with Crippen molar-refractivity contribution in [2.45, 2.75) is 12.6 Å². The SMILES string of the molecule is NC(=O)OCC(N)COCc1ccccc1. The molecule has 0 spiro atoms. The Hall–Kier alpha value is -1.59. The third kappa shape index (κ3) is 5.33. The fourth-order valence-corrected chi connectivity index (χ4v) is 1.14. The Labute approximate surface area is 94.3 Å². The van der Waals surface area contributed by atoms with Gasteiger partial charge in [0.05, 0.1) is 19.3 Å². The van der Waals surface area contributed by atoms with Crippen molar-refractivity contribution >= 4 is 6.09 Å². The highest BCUT2D eigenvalue weighted by Crippen LogP contribution is 2.00. The van der Waals surface area contributed by atoms with Crippen LogP contribution in [-0.2, 0) is 16.1 Å². The van der Waals surface area contributed by atoms with Crippen molar-refractivity contribution in [1.82, 2.24) is 0 Å². The fourth-order valence-electron chi connectivity index (χ4n) is 1.14. The molecule has 4 N–H and O–H groups in total. The number of hydrogen-bond acceptors (Lipinski definition) is 4. The van der Waals surface area contributed by atoms with Crippen LogP contribution in [-0.4, -0.2) is 25.3 Å². The lowest BCUT2D eigenvalue weighted by molar-refractivity contribution is 0.0811. The largest absolute Gasteiger partial charge is 0.448 e. The Balaban J connectivity index is 2.13. The van der Waals surface area contributed by atoms with Crippen molar-refractivity contribution in [2.75, 3.05) is 13.2 Å². The molecular weight excluding hydrogens is 208 g/mol. The number of amides is 1. The van der Waals surface area contributed by atoms with Gasteiger partial charge in [-0.3, -0.25) is 0 Å². The van der Waals surface area contributed by atoms with Gasteiger partial charge in [0.1, 0.15) is 6.61 Å². The highest BCUT2D eigenvalue weighted by molar-refractivity contribution is 5.64. The van der Waals surface area contributed by atoms with Crippen LogP contribution in [0.3, 0.4) is 0 Å². The van der Waals surface area contributed by atoms with E-state index < -0.39 is 6.09 Å². The quantitative estimate of drug-likeness (QED) is 0.741. The summed E-state index contributed by atoms with van der Waals surface area (Å²) in [5, 5.41) is 0. The van der Waals surface area contributed by atoms with Crippen LogP contribution < -0.4 is 11.5 Å². The number of nitrogens with two attached hydrogens (primary N) is 2. The van der Waals surface area contributed by atoms with E-state index in [9.17, 15) is 4.79 Å². The molecule has 1 amide bonds. The molecule has 0 aromatic heterocycles. The molecule has 1 aromatic rings. The van der Waals surface area contributed by atoms with Crippen LogP contribution in [0.15, 0.2) is 30.3 Å². The summed E-state index contributed by atoms with van der Waals surface area (Å²) in [6.07, 6.45) is -0.821. The molecule has 0 saturated heterocycles. The molecule has 88 valence electrons. The number of ether oxygens (including phenoxy) is 2. The first-order chi connectivity index (χ1) is 7.68. The summed E-state index contributed by atoms with van der Waals surface area (Å²) in [7, 11) is 0. The lowest BCUT2D eigenvalue weighted by Crippen LogP contribution is -2.33. The molecule has 1 atom stereocenters. The van der Waals surface area contributed by atoms with Crippen molar-refractivity contribution in [3.8, 4) is 0 Å². The first kappa shape index (κ1) is 12.5. The van der Waals surface area contributed by atoms with E-state index in [0.29, 0.717) is 13.2 Å². The van der Waals surface area contributed by atoms with E-state index >= 15 is 0 Å². The van der Waals surface area contributed by atoms with Gasteiger partial charge < -0.3 is 20.9 Å². The summed E-state index contributed by atoms with van der Waals surface area (Å²) < 4.78 is 9.90. The van der Waals surface area contributed by atoms with Crippen LogP contribution in [0.1, 0.15) is 5.56 Å². The second kappa shape index (κ2) is 6.81. The zero-order chi connectivity index (χ0) is 11.8. The Morgan fingerprint density at radius 1 is 1.25 bits per heavy atom. The molecule has 0 fully saturated rings. The second-order valence-corrected chi connectivity index (χ2v) is 3.39. The van der Waals surface area contributed by atoms with E-state index in [4.69, 9.17) is 16.2 Å². The van der Waals surface area contributed by atoms with Crippen LogP contribution in [0.4, 0.5) is 4.79 Å². The number of benzene rings is 1. The maximum Gasteiger partial charge on any atom is 0.404 e.